The van der Waals surface area contributed by atoms with Gasteiger partial charge in [0.15, 0.2) is 0 Å². The van der Waals surface area contributed by atoms with Crippen LogP contribution in [0.2, 0.25) is 0 Å². The van der Waals surface area contributed by atoms with Gasteiger partial charge in [-0.3, -0.25) is 0 Å². The third kappa shape index (κ3) is 4.92. The summed E-state index contributed by atoms with van der Waals surface area (Å²) < 4.78 is 0. The Morgan fingerprint density at radius 3 is 2.57 bits per heavy atom. The van der Waals surface area contributed by atoms with Crippen molar-refractivity contribution in [3.8, 4) is 0 Å². The number of aromatic nitrogens is 2. The molecule has 3 nitrogen and oxygen atoms in total. The van der Waals surface area contributed by atoms with Gasteiger partial charge in [0.05, 0.1) is 0 Å². The van der Waals surface area contributed by atoms with E-state index in [1.807, 2.05) is 6.07 Å². The van der Waals surface area contributed by atoms with E-state index in [1.165, 1.54) is 25.7 Å². The van der Waals surface area contributed by atoms with E-state index in [1.54, 1.807) is 12.5 Å². The topological polar surface area (TPSA) is 51.8 Å². The number of nitrogens with two attached hydrogens (primary N) is 1. The maximum Gasteiger partial charge on any atom is 0.115 e. The number of aryl methyl sites for hydroxylation is 1. The molecule has 0 aliphatic rings. The first kappa shape index (κ1) is 11.1. The number of nitrogens with zero attached hydrogens (tertiary/aromatic N) is 2. The molecule has 0 aliphatic heterocycles. The van der Waals surface area contributed by atoms with E-state index in [0.717, 1.165) is 25.1 Å². The minimum Gasteiger partial charge on any atom is -0.330 e. The summed E-state index contributed by atoms with van der Waals surface area (Å²) in [6, 6.07) is 1.99. The first-order valence-corrected chi connectivity index (χ1v) is 5.38. The fourth-order valence-corrected chi connectivity index (χ4v) is 1.45. The standard InChI is InChI=1S/C11H19N3/c12-8-5-3-1-2-4-6-11-7-9-13-10-14-11/h7,9-10H,1-6,8,12H2. The number of unbranched alkanes of at least 4 members (excludes halogenated alkanes) is 4. The molecule has 0 radical (unpaired) electrons. The molecule has 0 unspecified atom stereocenters. The summed E-state index contributed by atoms with van der Waals surface area (Å²) in [4.78, 5) is 8.07. The fraction of sp³-hybridized carbons (Fsp3) is 0.636. The van der Waals surface area contributed by atoms with E-state index in [4.69, 9.17) is 5.73 Å². The van der Waals surface area contributed by atoms with Crippen molar-refractivity contribution in [1.82, 2.24) is 9.97 Å². The van der Waals surface area contributed by atoms with E-state index in [9.17, 15) is 0 Å². The van der Waals surface area contributed by atoms with Gasteiger partial charge in [-0.1, -0.05) is 19.3 Å². The maximum absolute atomic E-state index is 5.42. The lowest BCUT2D eigenvalue weighted by molar-refractivity contribution is 0.614. The molecule has 1 heterocycles. The van der Waals surface area contributed by atoms with Crippen molar-refractivity contribution in [2.75, 3.05) is 6.54 Å². The van der Waals surface area contributed by atoms with Crippen LogP contribution in [0.25, 0.3) is 0 Å². The molecule has 0 fully saturated rings. The third-order valence-corrected chi connectivity index (χ3v) is 2.28. The Balaban J connectivity index is 1.99. The molecule has 0 spiro atoms. The van der Waals surface area contributed by atoms with Crippen molar-refractivity contribution in [1.29, 1.82) is 0 Å². The second-order valence-electron chi connectivity index (χ2n) is 3.51. The summed E-state index contributed by atoms with van der Waals surface area (Å²) in [5, 5.41) is 0. The van der Waals surface area contributed by atoms with Gasteiger partial charge in [0.2, 0.25) is 0 Å². The second-order valence-corrected chi connectivity index (χ2v) is 3.51. The average Bonchev–Trinajstić information content (AvgIpc) is 2.25. The van der Waals surface area contributed by atoms with Gasteiger partial charge < -0.3 is 5.73 Å². The summed E-state index contributed by atoms with van der Waals surface area (Å²) in [5.74, 6) is 0. The zero-order valence-corrected chi connectivity index (χ0v) is 8.65. The molecule has 78 valence electrons. The monoisotopic (exact) mass is 193 g/mol. The van der Waals surface area contributed by atoms with Crippen LogP contribution in [-0.4, -0.2) is 16.5 Å². The van der Waals surface area contributed by atoms with E-state index >= 15 is 0 Å². The summed E-state index contributed by atoms with van der Waals surface area (Å²) in [6.45, 7) is 0.825. The molecule has 0 saturated carbocycles. The van der Waals surface area contributed by atoms with Gasteiger partial charge >= 0.3 is 0 Å². The molecule has 1 aromatic rings. The zero-order valence-electron chi connectivity index (χ0n) is 8.65. The highest BCUT2D eigenvalue weighted by molar-refractivity contribution is 4.97. The van der Waals surface area contributed by atoms with Crippen LogP contribution < -0.4 is 5.73 Å². The molecule has 0 aliphatic carbocycles. The summed E-state index contributed by atoms with van der Waals surface area (Å²) in [6.07, 6.45) is 10.7. The largest absolute Gasteiger partial charge is 0.330 e. The van der Waals surface area contributed by atoms with Crippen molar-refractivity contribution in [2.24, 2.45) is 5.73 Å². The third-order valence-electron chi connectivity index (χ3n) is 2.28. The Morgan fingerprint density at radius 2 is 1.86 bits per heavy atom. The van der Waals surface area contributed by atoms with E-state index in [0.29, 0.717) is 0 Å². The van der Waals surface area contributed by atoms with Crippen LogP contribution in [0.3, 0.4) is 0 Å². The van der Waals surface area contributed by atoms with Crippen molar-refractivity contribution in [3.63, 3.8) is 0 Å². The van der Waals surface area contributed by atoms with Gasteiger partial charge in [-0.2, -0.15) is 0 Å². The Bertz CT molecular complexity index is 223. The molecule has 2 N–H and O–H groups in total. The van der Waals surface area contributed by atoms with Gasteiger partial charge in [0.25, 0.3) is 0 Å². The van der Waals surface area contributed by atoms with Crippen molar-refractivity contribution >= 4 is 0 Å². The van der Waals surface area contributed by atoms with Crippen molar-refractivity contribution in [2.45, 2.75) is 38.5 Å². The smallest absolute Gasteiger partial charge is 0.115 e. The summed E-state index contributed by atoms with van der Waals surface area (Å²) in [7, 11) is 0. The van der Waals surface area contributed by atoms with Gasteiger partial charge in [-0.05, 0) is 31.9 Å². The Morgan fingerprint density at radius 1 is 1.07 bits per heavy atom. The summed E-state index contributed by atoms with van der Waals surface area (Å²) >= 11 is 0. The molecular weight excluding hydrogens is 174 g/mol. The Hall–Kier alpha value is -0.960. The van der Waals surface area contributed by atoms with Crippen molar-refractivity contribution < 1.29 is 0 Å². The minimum atomic E-state index is 0.825. The van der Waals surface area contributed by atoms with Crippen LogP contribution in [0.5, 0.6) is 0 Å². The highest BCUT2D eigenvalue weighted by Crippen LogP contribution is 2.05. The first-order valence-electron chi connectivity index (χ1n) is 5.38. The van der Waals surface area contributed by atoms with Gasteiger partial charge in [-0.25, -0.2) is 9.97 Å². The van der Waals surface area contributed by atoms with E-state index in [2.05, 4.69) is 9.97 Å². The SMILES string of the molecule is NCCCCCCCc1ccncn1. The predicted octanol–water partition coefficient (Wildman–Crippen LogP) is 1.93. The van der Waals surface area contributed by atoms with Gasteiger partial charge in [-0.15, -0.1) is 0 Å². The quantitative estimate of drug-likeness (QED) is 0.673. The molecular formula is C11H19N3. The number of hydrogen-bond acceptors (Lipinski definition) is 3. The molecule has 14 heavy (non-hydrogen) atoms. The maximum atomic E-state index is 5.42. The van der Waals surface area contributed by atoms with Gasteiger partial charge in [0, 0.05) is 11.9 Å². The van der Waals surface area contributed by atoms with Crippen LogP contribution in [-0.2, 0) is 6.42 Å². The molecule has 0 amide bonds. The second kappa shape index (κ2) is 7.44. The van der Waals surface area contributed by atoms with Crippen LogP contribution in [0.4, 0.5) is 0 Å². The molecule has 3 heteroatoms. The normalized spacial score (nSPS) is 10.4. The number of hydrogen-bond donors (Lipinski definition) is 1. The fourth-order valence-electron chi connectivity index (χ4n) is 1.45. The lowest BCUT2D eigenvalue weighted by atomic mass is 10.1. The Labute approximate surface area is 85.8 Å². The van der Waals surface area contributed by atoms with Crippen LogP contribution >= 0.6 is 0 Å². The number of rotatable bonds is 7. The molecule has 1 rings (SSSR count). The van der Waals surface area contributed by atoms with Crippen LogP contribution in [0.15, 0.2) is 18.6 Å². The molecule has 0 aromatic carbocycles. The lowest BCUT2D eigenvalue weighted by Gasteiger charge is -2.00. The minimum absolute atomic E-state index is 0.825. The lowest BCUT2D eigenvalue weighted by Crippen LogP contribution is -1.97. The van der Waals surface area contributed by atoms with Gasteiger partial charge in [0.1, 0.15) is 6.33 Å². The molecule has 0 atom stereocenters. The van der Waals surface area contributed by atoms with E-state index < -0.39 is 0 Å². The highest BCUT2D eigenvalue weighted by Gasteiger charge is 1.93. The predicted molar refractivity (Wildman–Crippen MR) is 57.9 cm³/mol. The molecule has 0 bridgehead atoms. The van der Waals surface area contributed by atoms with Crippen LogP contribution in [0, 0.1) is 0 Å². The zero-order chi connectivity index (χ0) is 10.1. The Kier molecular flexibility index (Phi) is 5.91. The van der Waals surface area contributed by atoms with Crippen molar-refractivity contribution in [3.05, 3.63) is 24.3 Å². The molecule has 0 saturated heterocycles. The highest BCUT2D eigenvalue weighted by atomic mass is 14.8. The van der Waals surface area contributed by atoms with Crippen LogP contribution in [0.1, 0.15) is 37.8 Å². The first-order chi connectivity index (χ1) is 6.93. The average molecular weight is 193 g/mol. The van der Waals surface area contributed by atoms with E-state index in [-0.39, 0.29) is 0 Å². The molecule has 1 aromatic heterocycles. The summed E-state index contributed by atoms with van der Waals surface area (Å²) in [5.41, 5.74) is 6.57.